The third kappa shape index (κ3) is 3.31. The maximum absolute atomic E-state index is 11.3. The molecule has 1 amide bonds. The largest absolute Gasteiger partial charge is 0.339 e. The molecule has 1 saturated heterocycles. The summed E-state index contributed by atoms with van der Waals surface area (Å²) >= 11 is 0. The van der Waals surface area contributed by atoms with Crippen molar-refractivity contribution in [2.24, 2.45) is 5.73 Å². The highest BCUT2D eigenvalue weighted by molar-refractivity contribution is 5.87. The fourth-order valence-corrected chi connectivity index (χ4v) is 2.23. The molecule has 0 aliphatic carbocycles. The first kappa shape index (κ1) is 13.1. The van der Waals surface area contributed by atoms with Gasteiger partial charge in [0.1, 0.15) is 6.04 Å². The van der Waals surface area contributed by atoms with Crippen LogP contribution in [0.15, 0.2) is 30.3 Å². The Morgan fingerprint density at radius 2 is 2.11 bits per heavy atom. The van der Waals surface area contributed by atoms with Crippen LogP contribution in [0.2, 0.25) is 0 Å². The van der Waals surface area contributed by atoms with E-state index >= 15 is 0 Å². The van der Waals surface area contributed by atoms with Gasteiger partial charge in [-0.2, -0.15) is 0 Å². The van der Waals surface area contributed by atoms with E-state index in [1.807, 2.05) is 11.0 Å². The zero-order valence-corrected chi connectivity index (χ0v) is 10.9. The number of carbonyl (C=O) groups is 1. The maximum Gasteiger partial charge on any atom is 0.241 e. The van der Waals surface area contributed by atoms with E-state index in [1.165, 1.54) is 5.56 Å². The molecule has 4 heteroatoms. The van der Waals surface area contributed by atoms with Crippen LogP contribution in [0.4, 0.5) is 0 Å². The second-order valence-corrected chi connectivity index (χ2v) is 4.97. The van der Waals surface area contributed by atoms with Crippen LogP contribution in [0, 0.1) is 0 Å². The average Bonchev–Trinajstić information content (AvgIpc) is 2.38. The molecule has 1 fully saturated rings. The predicted molar refractivity (Wildman–Crippen MR) is 71.9 cm³/mol. The lowest BCUT2D eigenvalue weighted by molar-refractivity contribution is -0.142. The molecule has 0 spiro atoms. The summed E-state index contributed by atoms with van der Waals surface area (Å²) in [5.41, 5.74) is 6.87. The normalized spacial score (nSPS) is 19.2. The Labute approximate surface area is 108 Å². The SMILES string of the molecule is CN(CCCN1CC(N)C1=O)Cc1ccccc1. The number of carbonyl (C=O) groups excluding carboxylic acids is 1. The molecule has 1 aliphatic rings. The minimum atomic E-state index is -0.243. The predicted octanol–water partition coefficient (Wildman–Crippen LogP) is 0.678. The van der Waals surface area contributed by atoms with Crippen LogP contribution in [0.5, 0.6) is 0 Å². The molecule has 4 nitrogen and oxygen atoms in total. The Kier molecular flexibility index (Phi) is 4.33. The Morgan fingerprint density at radius 1 is 1.39 bits per heavy atom. The second-order valence-electron chi connectivity index (χ2n) is 4.97. The van der Waals surface area contributed by atoms with Gasteiger partial charge in [-0.1, -0.05) is 30.3 Å². The van der Waals surface area contributed by atoms with Gasteiger partial charge in [0.2, 0.25) is 5.91 Å². The van der Waals surface area contributed by atoms with Gasteiger partial charge in [0.05, 0.1) is 0 Å². The summed E-state index contributed by atoms with van der Waals surface area (Å²) in [6, 6.07) is 10.2. The minimum Gasteiger partial charge on any atom is -0.339 e. The van der Waals surface area contributed by atoms with Crippen LogP contribution in [0.1, 0.15) is 12.0 Å². The summed E-state index contributed by atoms with van der Waals surface area (Å²) in [7, 11) is 2.11. The van der Waals surface area contributed by atoms with Crippen molar-refractivity contribution in [3.63, 3.8) is 0 Å². The number of likely N-dealkylation sites (tertiary alicyclic amines) is 1. The standard InChI is InChI=1S/C14H21N3O/c1-16(10-12-6-3-2-4-7-12)8-5-9-17-11-13(15)14(17)18/h2-4,6-7,13H,5,8-11,15H2,1H3. The third-order valence-electron chi connectivity index (χ3n) is 3.31. The zero-order chi connectivity index (χ0) is 13.0. The molecule has 2 rings (SSSR count). The number of nitrogens with zero attached hydrogens (tertiary/aromatic N) is 2. The van der Waals surface area contributed by atoms with Gasteiger partial charge in [0.15, 0.2) is 0 Å². The first-order valence-electron chi connectivity index (χ1n) is 6.43. The first-order chi connectivity index (χ1) is 8.66. The quantitative estimate of drug-likeness (QED) is 0.752. The lowest BCUT2D eigenvalue weighted by Gasteiger charge is -2.36. The van der Waals surface area contributed by atoms with Crippen molar-refractivity contribution >= 4 is 5.91 Å². The molecular formula is C14H21N3O. The average molecular weight is 247 g/mol. The van der Waals surface area contributed by atoms with Crippen molar-refractivity contribution in [2.45, 2.75) is 19.0 Å². The number of rotatable bonds is 6. The van der Waals surface area contributed by atoms with Crippen LogP contribution in [-0.2, 0) is 11.3 Å². The highest BCUT2D eigenvalue weighted by atomic mass is 16.2. The van der Waals surface area contributed by atoms with Crippen LogP contribution in [-0.4, -0.2) is 48.4 Å². The lowest BCUT2D eigenvalue weighted by Crippen LogP contribution is -2.61. The van der Waals surface area contributed by atoms with Crippen molar-refractivity contribution in [1.82, 2.24) is 9.80 Å². The zero-order valence-electron chi connectivity index (χ0n) is 10.9. The van der Waals surface area contributed by atoms with E-state index in [2.05, 4.69) is 36.2 Å². The number of β-lactam (4-membered cyclic amide) rings is 1. The summed E-state index contributed by atoms with van der Waals surface area (Å²) < 4.78 is 0. The topological polar surface area (TPSA) is 49.6 Å². The lowest BCUT2D eigenvalue weighted by atomic mass is 10.1. The molecule has 1 aromatic rings. The van der Waals surface area contributed by atoms with Gasteiger partial charge in [-0.15, -0.1) is 0 Å². The van der Waals surface area contributed by atoms with Crippen molar-refractivity contribution in [2.75, 3.05) is 26.7 Å². The highest BCUT2D eigenvalue weighted by Crippen LogP contribution is 2.09. The van der Waals surface area contributed by atoms with E-state index in [4.69, 9.17) is 5.73 Å². The Morgan fingerprint density at radius 3 is 2.72 bits per heavy atom. The molecule has 1 aliphatic heterocycles. The van der Waals surface area contributed by atoms with Crippen LogP contribution >= 0.6 is 0 Å². The third-order valence-corrected chi connectivity index (χ3v) is 3.31. The van der Waals surface area contributed by atoms with E-state index in [0.717, 1.165) is 32.6 Å². The highest BCUT2D eigenvalue weighted by Gasteiger charge is 2.32. The summed E-state index contributed by atoms with van der Waals surface area (Å²) in [6.07, 6.45) is 1.00. The Bertz CT molecular complexity index is 393. The van der Waals surface area contributed by atoms with Crippen molar-refractivity contribution in [3.8, 4) is 0 Å². The van der Waals surface area contributed by atoms with Gasteiger partial charge < -0.3 is 15.5 Å². The van der Waals surface area contributed by atoms with Crippen molar-refractivity contribution in [1.29, 1.82) is 0 Å². The number of hydrogen-bond acceptors (Lipinski definition) is 3. The molecule has 1 aromatic carbocycles. The summed E-state index contributed by atoms with van der Waals surface area (Å²) in [4.78, 5) is 15.4. The summed E-state index contributed by atoms with van der Waals surface area (Å²) in [6.45, 7) is 3.50. The molecule has 1 unspecified atom stereocenters. The molecule has 0 bridgehead atoms. The Hall–Kier alpha value is -1.39. The fraction of sp³-hybridized carbons (Fsp3) is 0.500. The van der Waals surface area contributed by atoms with Crippen molar-refractivity contribution in [3.05, 3.63) is 35.9 Å². The first-order valence-corrected chi connectivity index (χ1v) is 6.43. The molecule has 0 aromatic heterocycles. The van der Waals surface area contributed by atoms with Crippen LogP contribution in [0.25, 0.3) is 0 Å². The van der Waals surface area contributed by atoms with Gasteiger partial charge in [0, 0.05) is 19.6 Å². The van der Waals surface area contributed by atoms with Gasteiger partial charge in [-0.25, -0.2) is 0 Å². The summed E-state index contributed by atoms with van der Waals surface area (Å²) in [5.74, 6) is 0.0979. The molecule has 98 valence electrons. The summed E-state index contributed by atoms with van der Waals surface area (Å²) in [5, 5.41) is 0. The van der Waals surface area contributed by atoms with Gasteiger partial charge in [0.25, 0.3) is 0 Å². The van der Waals surface area contributed by atoms with E-state index in [9.17, 15) is 4.79 Å². The number of amides is 1. The molecular weight excluding hydrogens is 226 g/mol. The number of nitrogens with two attached hydrogens (primary N) is 1. The smallest absolute Gasteiger partial charge is 0.241 e. The molecule has 1 atom stereocenters. The van der Waals surface area contributed by atoms with E-state index < -0.39 is 0 Å². The van der Waals surface area contributed by atoms with Gasteiger partial charge >= 0.3 is 0 Å². The molecule has 0 saturated carbocycles. The monoisotopic (exact) mass is 247 g/mol. The van der Waals surface area contributed by atoms with Crippen molar-refractivity contribution < 1.29 is 4.79 Å². The van der Waals surface area contributed by atoms with E-state index in [0.29, 0.717) is 0 Å². The minimum absolute atomic E-state index is 0.0979. The van der Waals surface area contributed by atoms with E-state index in [1.54, 1.807) is 0 Å². The number of benzene rings is 1. The van der Waals surface area contributed by atoms with Crippen LogP contribution < -0.4 is 5.73 Å². The molecule has 18 heavy (non-hydrogen) atoms. The molecule has 2 N–H and O–H groups in total. The van der Waals surface area contributed by atoms with Crippen LogP contribution in [0.3, 0.4) is 0 Å². The maximum atomic E-state index is 11.3. The van der Waals surface area contributed by atoms with Gasteiger partial charge in [-0.3, -0.25) is 4.79 Å². The molecule has 1 heterocycles. The number of hydrogen-bond donors (Lipinski definition) is 1. The second kappa shape index (κ2) is 5.98. The van der Waals surface area contributed by atoms with Gasteiger partial charge in [-0.05, 0) is 25.6 Å². The molecule has 0 radical (unpaired) electrons. The fourth-order valence-electron chi connectivity index (χ4n) is 2.23. The van der Waals surface area contributed by atoms with E-state index in [-0.39, 0.29) is 11.9 Å². The Balaban J connectivity index is 1.63.